The van der Waals surface area contributed by atoms with E-state index in [-0.39, 0.29) is 30.0 Å². The van der Waals surface area contributed by atoms with Crippen LogP contribution in [0.5, 0.6) is 0 Å². The Balaban J connectivity index is 1.15. The number of halogens is 1. The monoisotopic (exact) mass is 466 g/mol. The SMILES string of the molecule is O=C(C1CC(=O)N(c2ccc(F)cc2)C1)N1CCN(c2ccc(N3CCCCCC3)nn2)CC1. The molecule has 3 saturated heterocycles. The summed E-state index contributed by atoms with van der Waals surface area (Å²) in [5.41, 5.74) is 0.633. The highest BCUT2D eigenvalue weighted by molar-refractivity contribution is 6.00. The van der Waals surface area contributed by atoms with Crippen LogP contribution in [0.2, 0.25) is 0 Å². The molecule has 0 radical (unpaired) electrons. The van der Waals surface area contributed by atoms with Crippen molar-refractivity contribution in [2.45, 2.75) is 32.1 Å². The molecule has 9 heteroatoms. The van der Waals surface area contributed by atoms with E-state index in [9.17, 15) is 14.0 Å². The fraction of sp³-hybridized carbons (Fsp3) is 0.520. The Morgan fingerprint density at radius 2 is 1.38 bits per heavy atom. The fourth-order valence-electron chi connectivity index (χ4n) is 5.11. The highest BCUT2D eigenvalue weighted by Gasteiger charge is 2.38. The molecule has 0 N–H and O–H groups in total. The van der Waals surface area contributed by atoms with E-state index < -0.39 is 0 Å². The molecule has 2 aromatic rings. The van der Waals surface area contributed by atoms with Crippen LogP contribution < -0.4 is 14.7 Å². The molecule has 1 aromatic carbocycles. The Bertz CT molecular complexity index is 999. The topological polar surface area (TPSA) is 72.9 Å². The molecule has 1 unspecified atom stereocenters. The van der Waals surface area contributed by atoms with Gasteiger partial charge in [0.2, 0.25) is 11.8 Å². The molecule has 0 spiro atoms. The van der Waals surface area contributed by atoms with Crippen LogP contribution in [0.3, 0.4) is 0 Å². The number of amides is 2. The van der Waals surface area contributed by atoms with Crippen molar-refractivity contribution in [2.24, 2.45) is 5.92 Å². The average Bonchev–Trinajstić information content (AvgIpc) is 3.07. The minimum atomic E-state index is -0.364. The smallest absolute Gasteiger partial charge is 0.228 e. The quantitative estimate of drug-likeness (QED) is 0.690. The van der Waals surface area contributed by atoms with Crippen LogP contribution in [-0.4, -0.2) is 72.7 Å². The first kappa shape index (κ1) is 22.6. The lowest BCUT2D eigenvalue weighted by Crippen LogP contribution is -2.51. The number of nitrogens with zero attached hydrogens (tertiary/aromatic N) is 6. The largest absolute Gasteiger partial charge is 0.355 e. The molecule has 1 aromatic heterocycles. The van der Waals surface area contributed by atoms with Gasteiger partial charge < -0.3 is 19.6 Å². The number of anilines is 3. The van der Waals surface area contributed by atoms with Crippen LogP contribution in [0.1, 0.15) is 32.1 Å². The van der Waals surface area contributed by atoms with Gasteiger partial charge in [-0.2, -0.15) is 0 Å². The third kappa shape index (κ3) is 4.83. The number of hydrogen-bond donors (Lipinski definition) is 0. The van der Waals surface area contributed by atoms with Crippen molar-refractivity contribution in [2.75, 3.05) is 60.5 Å². The predicted octanol–water partition coefficient (Wildman–Crippen LogP) is 2.70. The third-order valence-corrected chi connectivity index (χ3v) is 7.09. The number of hydrogen-bond acceptors (Lipinski definition) is 6. The van der Waals surface area contributed by atoms with E-state index in [2.05, 4.69) is 26.1 Å². The zero-order chi connectivity index (χ0) is 23.5. The van der Waals surface area contributed by atoms with Crippen LogP contribution in [0, 0.1) is 11.7 Å². The molecule has 0 bridgehead atoms. The second-order valence-electron chi connectivity index (χ2n) is 9.35. The highest BCUT2D eigenvalue weighted by atomic mass is 19.1. The molecule has 2 amide bonds. The Kier molecular flexibility index (Phi) is 6.60. The van der Waals surface area contributed by atoms with Gasteiger partial charge in [-0.1, -0.05) is 12.8 Å². The highest BCUT2D eigenvalue weighted by Crippen LogP contribution is 2.27. The van der Waals surface area contributed by atoms with Crippen LogP contribution >= 0.6 is 0 Å². The molecule has 34 heavy (non-hydrogen) atoms. The van der Waals surface area contributed by atoms with Gasteiger partial charge in [0.15, 0.2) is 11.6 Å². The summed E-state index contributed by atoms with van der Waals surface area (Å²) in [6.45, 7) is 4.98. The molecule has 3 aliphatic rings. The van der Waals surface area contributed by atoms with E-state index in [4.69, 9.17) is 0 Å². The number of rotatable bonds is 4. The zero-order valence-corrected chi connectivity index (χ0v) is 19.4. The Morgan fingerprint density at radius 3 is 1.97 bits per heavy atom. The lowest BCUT2D eigenvalue weighted by molar-refractivity contribution is -0.136. The second-order valence-corrected chi connectivity index (χ2v) is 9.35. The summed E-state index contributed by atoms with van der Waals surface area (Å²) in [7, 11) is 0. The standard InChI is InChI=1S/C25H31FN6O2/c26-20-5-7-21(8-6-20)32-18-19(17-24(32)33)25(34)31-15-13-30(14-16-31)23-10-9-22(27-28-23)29-11-3-1-2-4-12-29/h5-10,19H,1-4,11-18H2. The number of carbonyl (C=O) groups is 2. The van der Waals surface area contributed by atoms with Crippen molar-refractivity contribution in [1.82, 2.24) is 15.1 Å². The van der Waals surface area contributed by atoms with Gasteiger partial charge in [-0.05, 0) is 49.2 Å². The molecule has 3 aliphatic heterocycles. The summed E-state index contributed by atoms with van der Waals surface area (Å²) in [6, 6.07) is 9.91. The maximum atomic E-state index is 13.2. The normalized spacial score (nSPS) is 21.7. The zero-order valence-electron chi connectivity index (χ0n) is 19.4. The minimum Gasteiger partial charge on any atom is -0.355 e. The molecule has 180 valence electrons. The summed E-state index contributed by atoms with van der Waals surface area (Å²) in [5, 5.41) is 8.94. The predicted molar refractivity (Wildman–Crippen MR) is 128 cm³/mol. The summed E-state index contributed by atoms with van der Waals surface area (Å²) >= 11 is 0. The van der Waals surface area contributed by atoms with Crippen LogP contribution in [0.25, 0.3) is 0 Å². The fourth-order valence-corrected chi connectivity index (χ4v) is 5.11. The molecule has 3 fully saturated rings. The number of carbonyl (C=O) groups excluding carboxylic acids is 2. The van der Waals surface area contributed by atoms with Crippen molar-refractivity contribution in [3.8, 4) is 0 Å². The van der Waals surface area contributed by atoms with Gasteiger partial charge in [-0.3, -0.25) is 9.59 Å². The number of benzene rings is 1. The first-order valence-electron chi connectivity index (χ1n) is 12.3. The van der Waals surface area contributed by atoms with Gasteiger partial charge in [0.1, 0.15) is 5.82 Å². The Labute approximate surface area is 199 Å². The van der Waals surface area contributed by atoms with E-state index in [0.717, 1.165) is 24.7 Å². The van der Waals surface area contributed by atoms with E-state index in [1.165, 1.54) is 37.8 Å². The molecular weight excluding hydrogens is 435 g/mol. The summed E-state index contributed by atoms with van der Waals surface area (Å²) in [6.07, 6.45) is 5.16. The summed E-state index contributed by atoms with van der Waals surface area (Å²) in [5.74, 6) is 0.989. The van der Waals surface area contributed by atoms with E-state index >= 15 is 0 Å². The molecular formula is C25H31FN6O2. The van der Waals surface area contributed by atoms with Crippen molar-refractivity contribution in [3.05, 3.63) is 42.2 Å². The Hall–Kier alpha value is -3.23. The van der Waals surface area contributed by atoms with Gasteiger partial charge in [-0.25, -0.2) is 4.39 Å². The summed E-state index contributed by atoms with van der Waals surface area (Å²) in [4.78, 5) is 33.5. The molecule has 0 saturated carbocycles. The van der Waals surface area contributed by atoms with Gasteiger partial charge >= 0.3 is 0 Å². The second kappa shape index (κ2) is 9.95. The van der Waals surface area contributed by atoms with Crippen LogP contribution in [0.15, 0.2) is 36.4 Å². The lowest BCUT2D eigenvalue weighted by atomic mass is 10.1. The number of aromatic nitrogens is 2. The van der Waals surface area contributed by atoms with Gasteiger partial charge in [0.25, 0.3) is 0 Å². The van der Waals surface area contributed by atoms with E-state index in [0.29, 0.717) is 38.4 Å². The molecule has 5 rings (SSSR count). The maximum absolute atomic E-state index is 13.2. The average molecular weight is 467 g/mol. The molecule has 0 aliphatic carbocycles. The van der Waals surface area contributed by atoms with E-state index in [1.807, 2.05) is 11.0 Å². The number of piperazine rings is 1. The third-order valence-electron chi connectivity index (χ3n) is 7.09. The van der Waals surface area contributed by atoms with E-state index in [1.54, 1.807) is 17.0 Å². The van der Waals surface area contributed by atoms with Crippen molar-refractivity contribution < 1.29 is 14.0 Å². The van der Waals surface area contributed by atoms with Gasteiger partial charge in [0.05, 0.1) is 5.92 Å². The molecule has 1 atom stereocenters. The molecule has 4 heterocycles. The van der Waals surface area contributed by atoms with Gasteiger partial charge in [0, 0.05) is 57.9 Å². The van der Waals surface area contributed by atoms with Crippen molar-refractivity contribution in [3.63, 3.8) is 0 Å². The van der Waals surface area contributed by atoms with Crippen LogP contribution in [0.4, 0.5) is 21.7 Å². The molecule has 8 nitrogen and oxygen atoms in total. The first-order chi connectivity index (χ1) is 16.6. The van der Waals surface area contributed by atoms with Crippen molar-refractivity contribution in [1.29, 1.82) is 0 Å². The summed E-state index contributed by atoms with van der Waals surface area (Å²) < 4.78 is 13.2. The minimum absolute atomic E-state index is 0.0141. The Morgan fingerprint density at radius 1 is 0.794 bits per heavy atom. The lowest BCUT2D eigenvalue weighted by Gasteiger charge is -2.36. The van der Waals surface area contributed by atoms with Gasteiger partial charge in [-0.15, -0.1) is 10.2 Å². The van der Waals surface area contributed by atoms with Crippen LogP contribution in [-0.2, 0) is 9.59 Å². The van der Waals surface area contributed by atoms with Crippen molar-refractivity contribution >= 4 is 29.1 Å². The maximum Gasteiger partial charge on any atom is 0.228 e. The first-order valence-corrected chi connectivity index (χ1v) is 12.3.